The lowest BCUT2D eigenvalue weighted by molar-refractivity contribution is -0.719. The summed E-state index contributed by atoms with van der Waals surface area (Å²) in [5, 5.41) is 3.89. The number of hydrogen-bond donors (Lipinski definition) is 0. The predicted octanol–water partition coefficient (Wildman–Crippen LogP) is 11.4. The van der Waals surface area contributed by atoms with Crippen LogP contribution in [-0.2, 0) is 19.3 Å². The van der Waals surface area contributed by atoms with Crippen LogP contribution in [0, 0.1) is 18.8 Å². The lowest BCUT2D eigenvalue weighted by Crippen LogP contribution is -2.54. The Kier molecular flexibility index (Phi) is 8.73. The van der Waals surface area contributed by atoms with Crippen LogP contribution in [0.1, 0.15) is 104 Å². The molecule has 280 valence electrons. The highest BCUT2D eigenvalue weighted by molar-refractivity contribution is 6.89. The molecule has 55 heavy (non-hydrogen) atoms. The number of benzene rings is 2. The van der Waals surface area contributed by atoms with Crippen LogP contribution in [0.5, 0.6) is 0 Å². The fourth-order valence-electron chi connectivity index (χ4n) is 11.2. The Labute approximate surface area is 328 Å². The number of aryl methyl sites for hydroxylation is 2. The van der Waals surface area contributed by atoms with Crippen LogP contribution in [0.3, 0.4) is 0 Å². The fraction of sp³-hybridized carbons (Fsp3) is 0.420. The maximum atomic E-state index is 6.82. The summed E-state index contributed by atoms with van der Waals surface area (Å²) < 4.78 is 12.0. The van der Waals surface area contributed by atoms with E-state index in [-0.39, 0.29) is 6.04 Å². The molecule has 4 aliphatic rings. The van der Waals surface area contributed by atoms with Gasteiger partial charge in [0.05, 0.1) is 20.1 Å². The molecule has 0 spiro atoms. The molecular weight excluding hydrogens is 687 g/mol. The standard InChI is InChI=1S/C50H57N3OSi/c1-32-18-21-43-42-23-20-37-19-22-41-39-16-10-11-17-40(39)45-30-38(28-35-14-8-9-15-35)47(55(3,4)5)31-53(45)44(41)26-33(2)52-25-24-36(27-34-12-6-7-13-34)29-46(52)48(37)49(42)54-50(43)51-32/h10-11,16-18,20-21,23-25,29-31,34-35,41,44H,2,6-9,12-15,19,22,26-28H2,1,3-5H3/q+2. The third kappa shape index (κ3) is 6.22. The third-order valence-corrected chi connectivity index (χ3v) is 16.0. The van der Waals surface area contributed by atoms with Crippen LogP contribution in [0.4, 0.5) is 0 Å². The minimum Gasteiger partial charge on any atom is -0.437 e. The molecule has 4 aromatic heterocycles. The minimum absolute atomic E-state index is 0.273. The Morgan fingerprint density at radius 1 is 0.818 bits per heavy atom. The number of furan rings is 1. The fourth-order valence-corrected chi connectivity index (χ4v) is 12.9. The number of fused-ring (bicyclic) bond motifs is 13. The molecule has 0 saturated heterocycles. The van der Waals surface area contributed by atoms with Gasteiger partial charge in [0.25, 0.3) is 0 Å². The summed E-state index contributed by atoms with van der Waals surface area (Å²) in [4.78, 5) is 4.86. The van der Waals surface area contributed by atoms with Crippen molar-refractivity contribution in [3.63, 3.8) is 0 Å². The quantitative estimate of drug-likeness (QED) is 0.130. The highest BCUT2D eigenvalue weighted by Crippen LogP contribution is 2.46. The van der Waals surface area contributed by atoms with E-state index in [9.17, 15) is 0 Å². The maximum Gasteiger partial charge on any atom is 0.227 e. The van der Waals surface area contributed by atoms with Gasteiger partial charge < -0.3 is 4.42 Å². The maximum absolute atomic E-state index is 6.82. The van der Waals surface area contributed by atoms with E-state index in [2.05, 4.69) is 108 Å². The van der Waals surface area contributed by atoms with Gasteiger partial charge in [-0.05, 0) is 91.5 Å². The van der Waals surface area contributed by atoms with Crippen molar-refractivity contribution in [1.82, 2.24) is 4.98 Å². The van der Waals surface area contributed by atoms with Crippen LogP contribution in [-0.4, -0.2) is 13.1 Å². The average Bonchev–Trinajstić information content (AvgIpc) is 3.96. The van der Waals surface area contributed by atoms with Gasteiger partial charge in [0.1, 0.15) is 0 Å². The van der Waals surface area contributed by atoms with E-state index in [1.807, 2.05) is 6.92 Å². The molecule has 2 atom stereocenters. The Bertz CT molecular complexity index is 2470. The van der Waals surface area contributed by atoms with Crippen molar-refractivity contribution in [3.8, 4) is 22.5 Å². The van der Waals surface area contributed by atoms with Gasteiger partial charge in [0, 0.05) is 51.3 Å². The van der Waals surface area contributed by atoms with Crippen molar-refractivity contribution < 1.29 is 13.6 Å². The number of allylic oxidation sites excluding steroid dienone is 1. The molecule has 0 amide bonds. The van der Waals surface area contributed by atoms with Gasteiger partial charge in [0.15, 0.2) is 29.7 Å². The molecule has 2 saturated carbocycles. The molecular formula is C50H57N3OSi+2. The Balaban J connectivity index is 1.16. The molecule has 5 heteroatoms. The summed E-state index contributed by atoms with van der Waals surface area (Å²) in [6.07, 6.45) is 21.2. The number of nitrogens with zero attached hydrogens (tertiary/aromatic N) is 3. The van der Waals surface area contributed by atoms with Crippen molar-refractivity contribution in [2.24, 2.45) is 11.8 Å². The van der Waals surface area contributed by atoms with E-state index >= 15 is 0 Å². The normalized spacial score (nSPS) is 20.3. The van der Waals surface area contributed by atoms with Crippen LogP contribution in [0.25, 0.3) is 50.3 Å². The second-order valence-electron chi connectivity index (χ2n) is 18.7. The van der Waals surface area contributed by atoms with Gasteiger partial charge in [-0.3, -0.25) is 0 Å². The summed E-state index contributed by atoms with van der Waals surface area (Å²) in [7, 11) is -1.65. The summed E-state index contributed by atoms with van der Waals surface area (Å²) in [5.74, 6) is 1.95. The lowest BCUT2D eigenvalue weighted by Gasteiger charge is -2.33. The van der Waals surface area contributed by atoms with Gasteiger partial charge in [-0.15, -0.1) is 0 Å². The van der Waals surface area contributed by atoms with Gasteiger partial charge in [0.2, 0.25) is 17.1 Å². The molecule has 10 rings (SSSR count). The number of aromatic nitrogens is 3. The molecule has 4 nitrogen and oxygen atoms in total. The molecule has 0 radical (unpaired) electrons. The Morgan fingerprint density at radius 2 is 1.56 bits per heavy atom. The predicted molar refractivity (Wildman–Crippen MR) is 228 cm³/mol. The zero-order chi connectivity index (χ0) is 37.4. The van der Waals surface area contributed by atoms with Crippen molar-refractivity contribution >= 4 is 41.0 Å². The third-order valence-electron chi connectivity index (χ3n) is 14.0. The first-order valence-corrected chi connectivity index (χ1v) is 24.9. The van der Waals surface area contributed by atoms with Gasteiger partial charge >= 0.3 is 0 Å². The highest BCUT2D eigenvalue weighted by Gasteiger charge is 2.44. The first-order chi connectivity index (χ1) is 26.7. The molecule has 0 bridgehead atoms. The van der Waals surface area contributed by atoms with E-state index < -0.39 is 8.07 Å². The SMILES string of the molecule is C=C1CC2C(CCc3ccc4c(oc5nc(C)ccc54)c3-c3cc(CC4CCCC4)cc[n+]31)c1ccccc1-c1cc(CC3CCCC3)c([Si](C)(C)C)c[n+]12. The van der Waals surface area contributed by atoms with E-state index in [0.29, 0.717) is 5.92 Å². The van der Waals surface area contributed by atoms with E-state index in [0.717, 1.165) is 71.0 Å². The van der Waals surface area contributed by atoms with E-state index in [1.54, 1.807) is 10.8 Å². The van der Waals surface area contributed by atoms with E-state index in [1.165, 1.54) is 97.0 Å². The van der Waals surface area contributed by atoms with Crippen LogP contribution < -0.4 is 14.3 Å². The van der Waals surface area contributed by atoms with Gasteiger partial charge in [-0.1, -0.05) is 101 Å². The zero-order valence-electron chi connectivity index (χ0n) is 33.5. The summed E-state index contributed by atoms with van der Waals surface area (Å²) in [6.45, 7) is 14.7. The molecule has 2 aliphatic heterocycles. The smallest absolute Gasteiger partial charge is 0.227 e. The highest BCUT2D eigenvalue weighted by atomic mass is 28.3. The zero-order valence-corrected chi connectivity index (χ0v) is 34.5. The molecule has 2 fully saturated rings. The summed E-state index contributed by atoms with van der Waals surface area (Å²) in [6, 6.07) is 26.1. The molecule has 2 aliphatic carbocycles. The lowest BCUT2D eigenvalue weighted by atomic mass is 9.77. The average molecular weight is 744 g/mol. The molecule has 0 N–H and O–H groups in total. The largest absolute Gasteiger partial charge is 0.437 e. The summed E-state index contributed by atoms with van der Waals surface area (Å²) >= 11 is 0. The van der Waals surface area contributed by atoms with Crippen molar-refractivity contribution in [2.75, 3.05) is 0 Å². The second kappa shape index (κ2) is 13.7. The Hall–Kier alpha value is -4.35. The topological polar surface area (TPSA) is 33.8 Å². The van der Waals surface area contributed by atoms with Crippen molar-refractivity contribution in [1.29, 1.82) is 0 Å². The number of rotatable bonds is 5. The van der Waals surface area contributed by atoms with E-state index in [4.69, 9.17) is 16.0 Å². The number of hydrogen-bond acceptors (Lipinski definition) is 2. The molecule has 6 aromatic rings. The minimum atomic E-state index is -1.65. The van der Waals surface area contributed by atoms with Crippen molar-refractivity contribution in [2.45, 2.75) is 122 Å². The first-order valence-electron chi connectivity index (χ1n) is 21.4. The first kappa shape index (κ1) is 35.1. The molecule has 2 unspecified atom stereocenters. The van der Waals surface area contributed by atoms with Gasteiger partial charge in [-0.2, -0.15) is 9.13 Å². The monoisotopic (exact) mass is 743 g/mol. The second-order valence-corrected chi connectivity index (χ2v) is 23.7. The van der Waals surface area contributed by atoms with Gasteiger partial charge in [-0.25, -0.2) is 4.98 Å². The van der Waals surface area contributed by atoms with Crippen LogP contribution >= 0.6 is 0 Å². The molecule has 2 aromatic carbocycles. The van der Waals surface area contributed by atoms with Crippen LogP contribution in [0.15, 0.2) is 90.1 Å². The Morgan fingerprint density at radius 3 is 2.35 bits per heavy atom. The van der Waals surface area contributed by atoms with Crippen LogP contribution in [0.2, 0.25) is 19.6 Å². The van der Waals surface area contributed by atoms with Crippen molar-refractivity contribution in [3.05, 3.63) is 114 Å². The summed E-state index contributed by atoms with van der Waals surface area (Å²) in [5.41, 5.74) is 15.0. The number of pyridine rings is 3. The molecule has 6 heterocycles.